The number of amides is 1. The van der Waals surface area contributed by atoms with Crippen LogP contribution in [0, 0.1) is 11.2 Å². The molecule has 1 saturated heterocycles. The summed E-state index contributed by atoms with van der Waals surface area (Å²) >= 11 is 0. The number of halogens is 1. The van der Waals surface area contributed by atoms with Gasteiger partial charge in [-0.05, 0) is 73.8 Å². The van der Waals surface area contributed by atoms with E-state index < -0.39 is 0 Å². The first kappa shape index (κ1) is 24.0. The number of piperidine rings is 1. The maximum atomic E-state index is 15.5. The Hall–Kier alpha value is -3.71. The molecular formula is C29H32FN5O. The second-order valence-corrected chi connectivity index (χ2v) is 9.91. The quantitative estimate of drug-likeness (QED) is 0.401. The Kier molecular flexibility index (Phi) is 6.49. The van der Waals surface area contributed by atoms with Crippen LogP contribution in [-0.2, 0) is 17.8 Å². The molecule has 2 aliphatic rings. The van der Waals surface area contributed by atoms with Gasteiger partial charge in [-0.15, -0.1) is 0 Å². The lowest BCUT2D eigenvalue weighted by Gasteiger charge is -2.38. The number of nitrogens with one attached hydrogen (secondary N) is 1. The van der Waals surface area contributed by atoms with Crippen molar-refractivity contribution in [2.24, 2.45) is 5.73 Å². The van der Waals surface area contributed by atoms with Crippen molar-refractivity contribution < 1.29 is 9.18 Å². The Morgan fingerprint density at radius 2 is 1.89 bits per heavy atom. The van der Waals surface area contributed by atoms with Gasteiger partial charge < -0.3 is 20.4 Å². The van der Waals surface area contributed by atoms with Gasteiger partial charge in [-0.1, -0.05) is 42.5 Å². The van der Waals surface area contributed by atoms with Crippen LogP contribution < -0.4 is 15.5 Å². The van der Waals surface area contributed by atoms with Crippen molar-refractivity contribution in [1.82, 2.24) is 4.90 Å². The predicted molar refractivity (Wildman–Crippen MR) is 143 cm³/mol. The van der Waals surface area contributed by atoms with Crippen molar-refractivity contribution >= 4 is 23.1 Å². The molecule has 5 rings (SSSR count). The number of hydrogen-bond acceptors (Lipinski definition) is 4. The van der Waals surface area contributed by atoms with E-state index in [2.05, 4.69) is 15.9 Å². The van der Waals surface area contributed by atoms with Crippen LogP contribution in [0.4, 0.5) is 15.8 Å². The maximum absolute atomic E-state index is 15.5. The third-order valence-corrected chi connectivity index (χ3v) is 7.17. The number of rotatable bonds is 6. The largest absolute Gasteiger partial charge is 0.384 e. The summed E-state index contributed by atoms with van der Waals surface area (Å²) in [5.41, 5.74) is 11.7. The highest BCUT2D eigenvalue weighted by atomic mass is 19.1. The molecule has 3 aromatic carbocycles. The number of hydrogen-bond donors (Lipinski definition) is 2. The van der Waals surface area contributed by atoms with Crippen molar-refractivity contribution in [3.8, 4) is 11.1 Å². The van der Waals surface area contributed by atoms with Gasteiger partial charge in [0.15, 0.2) is 0 Å². The molecule has 7 heteroatoms. The standard InChI is InChI=1S/C29H32FN5O/c1-33(2)18-22-6-3-4-7-23(22)20-11-12-25(24(30)16-20)35-14-5-8-26(29(35)36)34-15-13-19-9-10-21(28(31)32)17-27(19)34/h3-4,6-7,9-12,16-17,26H,5,8,13-15,18H2,1-2H3,(H3,31,32). The Morgan fingerprint density at radius 3 is 2.64 bits per heavy atom. The summed E-state index contributed by atoms with van der Waals surface area (Å²) in [6, 6.07) is 18.6. The number of nitrogen functional groups attached to an aromatic ring is 1. The minimum absolute atomic E-state index is 0.00978. The molecular weight excluding hydrogens is 453 g/mol. The fraction of sp³-hybridized carbons (Fsp3) is 0.310. The number of fused-ring (bicyclic) bond motifs is 1. The maximum Gasteiger partial charge on any atom is 0.249 e. The molecule has 0 spiro atoms. The fourth-order valence-electron chi connectivity index (χ4n) is 5.45. The Balaban J connectivity index is 1.42. The van der Waals surface area contributed by atoms with Gasteiger partial charge >= 0.3 is 0 Å². The predicted octanol–water partition coefficient (Wildman–Crippen LogP) is 4.40. The van der Waals surface area contributed by atoms with Gasteiger partial charge in [-0.3, -0.25) is 10.2 Å². The summed E-state index contributed by atoms with van der Waals surface area (Å²) in [6.07, 6.45) is 2.35. The molecule has 36 heavy (non-hydrogen) atoms. The van der Waals surface area contributed by atoms with Crippen LogP contribution in [0.3, 0.4) is 0 Å². The topological polar surface area (TPSA) is 76.7 Å². The van der Waals surface area contributed by atoms with Gasteiger partial charge in [0.1, 0.15) is 17.7 Å². The van der Waals surface area contributed by atoms with Crippen molar-refractivity contribution in [1.29, 1.82) is 5.41 Å². The van der Waals surface area contributed by atoms with Crippen LogP contribution in [0.25, 0.3) is 11.1 Å². The zero-order chi connectivity index (χ0) is 25.4. The SMILES string of the molecule is CN(C)Cc1ccccc1-c1ccc(N2CCCC(N3CCc4ccc(C(=N)N)cc43)C2=O)c(F)c1. The lowest BCUT2D eigenvalue weighted by atomic mass is 9.97. The summed E-state index contributed by atoms with van der Waals surface area (Å²) in [5, 5.41) is 7.78. The highest BCUT2D eigenvalue weighted by Crippen LogP contribution is 2.36. The van der Waals surface area contributed by atoms with Crippen LogP contribution >= 0.6 is 0 Å². The molecule has 1 fully saturated rings. The van der Waals surface area contributed by atoms with Crippen LogP contribution in [0.15, 0.2) is 60.7 Å². The number of nitrogens with two attached hydrogens (primary N) is 1. The molecule has 0 bridgehead atoms. The zero-order valence-electron chi connectivity index (χ0n) is 20.8. The Morgan fingerprint density at radius 1 is 1.08 bits per heavy atom. The molecule has 2 aliphatic heterocycles. The number of amidine groups is 1. The summed E-state index contributed by atoms with van der Waals surface area (Å²) in [7, 11) is 4.02. The van der Waals surface area contributed by atoms with Gasteiger partial charge in [-0.25, -0.2) is 4.39 Å². The molecule has 1 unspecified atom stereocenters. The Bertz CT molecular complexity index is 1320. The molecule has 2 heterocycles. The van der Waals surface area contributed by atoms with Crippen LogP contribution in [0.5, 0.6) is 0 Å². The van der Waals surface area contributed by atoms with E-state index in [9.17, 15) is 4.79 Å². The molecule has 6 nitrogen and oxygen atoms in total. The molecule has 3 aromatic rings. The molecule has 0 aliphatic carbocycles. The molecule has 3 N–H and O–H groups in total. The van der Waals surface area contributed by atoms with E-state index in [1.807, 2.05) is 56.6 Å². The van der Waals surface area contributed by atoms with Gasteiger partial charge in [0.2, 0.25) is 5.91 Å². The number of anilines is 2. The number of carbonyl (C=O) groups is 1. The second kappa shape index (κ2) is 9.74. The first-order chi connectivity index (χ1) is 17.3. The number of nitrogens with zero attached hydrogens (tertiary/aromatic N) is 3. The lowest BCUT2D eigenvalue weighted by Crippen LogP contribution is -2.52. The molecule has 0 radical (unpaired) electrons. The third-order valence-electron chi connectivity index (χ3n) is 7.17. The normalized spacial score (nSPS) is 17.6. The van der Waals surface area contributed by atoms with Crippen LogP contribution in [0.2, 0.25) is 0 Å². The second-order valence-electron chi connectivity index (χ2n) is 9.91. The van der Waals surface area contributed by atoms with Crippen molar-refractivity contribution in [2.45, 2.75) is 31.8 Å². The third kappa shape index (κ3) is 4.46. The summed E-state index contributed by atoms with van der Waals surface area (Å²) in [4.78, 5) is 19.5. The van der Waals surface area contributed by atoms with E-state index in [-0.39, 0.29) is 23.6 Å². The molecule has 0 saturated carbocycles. The van der Waals surface area contributed by atoms with E-state index in [0.29, 0.717) is 17.8 Å². The number of benzene rings is 3. The van der Waals surface area contributed by atoms with Crippen LogP contribution in [-0.4, -0.2) is 49.9 Å². The molecule has 1 amide bonds. The summed E-state index contributed by atoms with van der Waals surface area (Å²) in [5.74, 6) is -0.459. The monoisotopic (exact) mass is 485 g/mol. The Labute approximate surface area is 211 Å². The van der Waals surface area contributed by atoms with Gasteiger partial charge in [0, 0.05) is 30.9 Å². The summed E-state index contributed by atoms with van der Waals surface area (Å²) < 4.78 is 15.5. The highest BCUT2D eigenvalue weighted by molar-refractivity contribution is 6.01. The van der Waals surface area contributed by atoms with Gasteiger partial charge in [0.25, 0.3) is 0 Å². The molecule has 186 valence electrons. The number of carbonyl (C=O) groups excluding carboxylic acids is 1. The zero-order valence-corrected chi connectivity index (χ0v) is 20.8. The fourth-order valence-corrected chi connectivity index (χ4v) is 5.45. The van der Waals surface area contributed by atoms with E-state index >= 15 is 4.39 Å². The van der Waals surface area contributed by atoms with Gasteiger partial charge in [-0.2, -0.15) is 0 Å². The first-order valence-corrected chi connectivity index (χ1v) is 12.4. The van der Waals surface area contributed by atoms with E-state index in [1.54, 1.807) is 17.0 Å². The van der Waals surface area contributed by atoms with Crippen molar-refractivity contribution in [3.05, 3.63) is 83.2 Å². The smallest absolute Gasteiger partial charge is 0.249 e. The van der Waals surface area contributed by atoms with Crippen molar-refractivity contribution in [2.75, 3.05) is 37.0 Å². The molecule has 0 aromatic heterocycles. The lowest BCUT2D eigenvalue weighted by molar-refractivity contribution is -0.121. The average Bonchev–Trinajstić information content (AvgIpc) is 3.27. The summed E-state index contributed by atoms with van der Waals surface area (Å²) in [6.45, 7) is 1.98. The van der Waals surface area contributed by atoms with Crippen LogP contribution in [0.1, 0.15) is 29.5 Å². The van der Waals surface area contributed by atoms with Crippen molar-refractivity contribution in [3.63, 3.8) is 0 Å². The van der Waals surface area contributed by atoms with E-state index in [0.717, 1.165) is 60.3 Å². The minimum Gasteiger partial charge on any atom is -0.384 e. The van der Waals surface area contributed by atoms with E-state index in [1.165, 1.54) is 0 Å². The average molecular weight is 486 g/mol. The van der Waals surface area contributed by atoms with Gasteiger partial charge in [0.05, 0.1) is 5.69 Å². The first-order valence-electron chi connectivity index (χ1n) is 12.4. The highest BCUT2D eigenvalue weighted by Gasteiger charge is 2.37. The van der Waals surface area contributed by atoms with E-state index in [4.69, 9.17) is 11.1 Å². The molecule has 1 atom stereocenters. The minimum atomic E-state index is -0.387.